The number of hydrogen-bond acceptors (Lipinski definition) is 2. The van der Waals surface area contributed by atoms with Crippen molar-refractivity contribution in [1.29, 1.82) is 0 Å². The molecular weight excluding hydrogens is 255 g/mol. The smallest absolute Gasteiger partial charge is 0.126 e. The van der Waals surface area contributed by atoms with Crippen molar-refractivity contribution in [2.75, 3.05) is 13.1 Å². The summed E-state index contributed by atoms with van der Waals surface area (Å²) >= 11 is 0. The van der Waals surface area contributed by atoms with Crippen LogP contribution in [0.1, 0.15) is 24.3 Å². The first-order valence-corrected chi connectivity index (χ1v) is 6.99. The zero-order valence-corrected chi connectivity index (χ0v) is 11.7. The van der Waals surface area contributed by atoms with E-state index in [0.717, 1.165) is 12.2 Å². The van der Waals surface area contributed by atoms with Gasteiger partial charge in [-0.05, 0) is 36.7 Å². The van der Waals surface area contributed by atoms with E-state index < -0.39 is 6.10 Å². The van der Waals surface area contributed by atoms with Crippen LogP contribution in [0.15, 0.2) is 42.6 Å². The van der Waals surface area contributed by atoms with Gasteiger partial charge in [0.25, 0.3) is 0 Å². The third-order valence-electron chi connectivity index (χ3n) is 3.37. The molecule has 0 fully saturated rings. The molecule has 2 aromatic rings. The Bertz CT molecular complexity index is 539. The van der Waals surface area contributed by atoms with Gasteiger partial charge in [-0.2, -0.15) is 0 Å². The van der Waals surface area contributed by atoms with Crippen LogP contribution in [0.2, 0.25) is 0 Å². The van der Waals surface area contributed by atoms with Crippen molar-refractivity contribution in [3.8, 4) is 0 Å². The lowest BCUT2D eigenvalue weighted by Gasteiger charge is -2.15. The Morgan fingerprint density at radius 2 is 2.05 bits per heavy atom. The Morgan fingerprint density at radius 1 is 1.25 bits per heavy atom. The van der Waals surface area contributed by atoms with E-state index in [0.29, 0.717) is 25.1 Å². The van der Waals surface area contributed by atoms with Crippen LogP contribution in [0.5, 0.6) is 0 Å². The van der Waals surface area contributed by atoms with Gasteiger partial charge in [0.05, 0.1) is 0 Å². The molecule has 4 heteroatoms. The number of aliphatic hydroxyl groups excluding tert-OH is 1. The molecule has 2 N–H and O–H groups in total. The van der Waals surface area contributed by atoms with Crippen LogP contribution >= 0.6 is 0 Å². The van der Waals surface area contributed by atoms with Crippen LogP contribution in [0.4, 0.5) is 4.39 Å². The van der Waals surface area contributed by atoms with Crippen molar-refractivity contribution in [1.82, 2.24) is 9.88 Å². The minimum atomic E-state index is -0.537. The number of nitrogens with zero attached hydrogens (tertiary/aromatic N) is 1. The fourth-order valence-electron chi connectivity index (χ4n) is 2.26. The molecule has 0 aliphatic heterocycles. The van der Waals surface area contributed by atoms with Crippen LogP contribution in [0.3, 0.4) is 0 Å². The van der Waals surface area contributed by atoms with Crippen molar-refractivity contribution in [3.63, 3.8) is 0 Å². The second-order valence-corrected chi connectivity index (χ2v) is 4.79. The minimum absolute atomic E-state index is 0.172. The van der Waals surface area contributed by atoms with E-state index in [4.69, 9.17) is 0 Å². The Hall–Kier alpha value is -1.65. The third kappa shape index (κ3) is 3.68. The molecule has 1 atom stereocenters. The number of benzene rings is 1. The van der Waals surface area contributed by atoms with Gasteiger partial charge in [-0.15, -0.1) is 0 Å². The predicted molar refractivity (Wildman–Crippen MR) is 78.0 cm³/mol. The number of hydrogen-bond donors (Lipinski definition) is 2. The number of rotatable bonds is 7. The molecule has 0 amide bonds. The van der Waals surface area contributed by atoms with Crippen LogP contribution in [-0.2, 0) is 13.0 Å². The highest BCUT2D eigenvalue weighted by atomic mass is 19.1. The van der Waals surface area contributed by atoms with Gasteiger partial charge in [-0.25, -0.2) is 4.39 Å². The fourth-order valence-corrected chi connectivity index (χ4v) is 2.26. The largest absolute Gasteiger partial charge is 0.386 e. The number of aryl methyl sites for hydroxylation is 2. The molecule has 1 unspecified atom stereocenters. The number of halogens is 1. The number of aliphatic hydroxyl groups is 1. The zero-order chi connectivity index (χ0) is 14.4. The molecule has 3 nitrogen and oxygen atoms in total. The predicted octanol–water partition coefficient (Wildman–Crippen LogP) is 2.51. The first-order valence-electron chi connectivity index (χ1n) is 6.99. The summed E-state index contributed by atoms with van der Waals surface area (Å²) in [5, 5.41) is 13.2. The van der Waals surface area contributed by atoms with Gasteiger partial charge in [0.2, 0.25) is 0 Å². The molecule has 2 rings (SSSR count). The summed E-state index contributed by atoms with van der Waals surface area (Å²) in [5.74, 6) is -0.172. The zero-order valence-electron chi connectivity index (χ0n) is 11.7. The van der Waals surface area contributed by atoms with Gasteiger partial charge in [0, 0.05) is 25.0 Å². The Morgan fingerprint density at radius 3 is 2.80 bits per heavy atom. The lowest BCUT2D eigenvalue weighted by Crippen LogP contribution is -2.22. The maximum Gasteiger partial charge on any atom is 0.126 e. The molecular formula is C16H21FN2O. The Balaban J connectivity index is 2.00. The third-order valence-corrected chi connectivity index (χ3v) is 3.37. The summed E-state index contributed by atoms with van der Waals surface area (Å²) < 4.78 is 15.6. The molecule has 1 heterocycles. The SMILES string of the molecule is CCNCC(O)c1cccn1CCc1ccccc1F. The molecule has 1 aromatic heterocycles. The highest BCUT2D eigenvalue weighted by molar-refractivity contribution is 5.18. The van der Waals surface area contributed by atoms with E-state index in [1.165, 1.54) is 6.07 Å². The standard InChI is InChI=1S/C16H21FN2O/c1-2-18-12-16(20)15-8-5-10-19(15)11-9-13-6-3-4-7-14(13)17/h3-8,10,16,18,20H,2,9,11-12H2,1H3. The van der Waals surface area contributed by atoms with E-state index in [-0.39, 0.29) is 5.82 Å². The second kappa shape index (κ2) is 7.22. The molecule has 0 aliphatic carbocycles. The molecule has 1 aromatic carbocycles. The summed E-state index contributed by atoms with van der Waals surface area (Å²) in [6, 6.07) is 10.6. The monoisotopic (exact) mass is 276 g/mol. The van der Waals surface area contributed by atoms with Crippen molar-refractivity contribution in [2.24, 2.45) is 0 Å². The molecule has 0 radical (unpaired) electrons. The summed E-state index contributed by atoms with van der Waals surface area (Å²) in [4.78, 5) is 0. The van der Waals surface area contributed by atoms with Crippen molar-refractivity contribution in [2.45, 2.75) is 26.0 Å². The van der Waals surface area contributed by atoms with Crippen molar-refractivity contribution >= 4 is 0 Å². The van der Waals surface area contributed by atoms with Crippen LogP contribution < -0.4 is 5.32 Å². The normalized spacial score (nSPS) is 12.6. The van der Waals surface area contributed by atoms with Gasteiger partial charge >= 0.3 is 0 Å². The fraction of sp³-hybridized carbons (Fsp3) is 0.375. The first-order chi connectivity index (χ1) is 9.72. The van der Waals surface area contributed by atoms with Crippen LogP contribution in [-0.4, -0.2) is 22.8 Å². The van der Waals surface area contributed by atoms with Crippen LogP contribution in [0, 0.1) is 5.82 Å². The number of likely N-dealkylation sites (N-methyl/N-ethyl adjacent to an activating group) is 1. The maximum absolute atomic E-state index is 13.6. The number of aromatic nitrogens is 1. The average Bonchev–Trinajstić information content (AvgIpc) is 2.92. The number of nitrogens with one attached hydrogen (secondary N) is 1. The van der Waals surface area contributed by atoms with Crippen molar-refractivity contribution in [3.05, 3.63) is 59.7 Å². The highest BCUT2D eigenvalue weighted by Crippen LogP contribution is 2.15. The van der Waals surface area contributed by atoms with Gasteiger partial charge in [0.1, 0.15) is 11.9 Å². The summed E-state index contributed by atoms with van der Waals surface area (Å²) in [6.45, 7) is 4.02. The molecule has 0 bridgehead atoms. The Kier molecular flexibility index (Phi) is 5.32. The first kappa shape index (κ1) is 14.8. The molecule has 0 aliphatic rings. The van der Waals surface area contributed by atoms with E-state index in [1.54, 1.807) is 12.1 Å². The van der Waals surface area contributed by atoms with Gasteiger partial charge < -0.3 is 15.0 Å². The molecule has 108 valence electrons. The summed E-state index contributed by atoms with van der Waals surface area (Å²) in [6.07, 6.45) is 2.00. The molecule has 0 saturated carbocycles. The van der Waals surface area contributed by atoms with E-state index in [2.05, 4.69) is 5.32 Å². The molecule has 20 heavy (non-hydrogen) atoms. The van der Waals surface area contributed by atoms with Gasteiger partial charge in [-0.3, -0.25) is 0 Å². The van der Waals surface area contributed by atoms with E-state index in [1.807, 2.05) is 35.9 Å². The average molecular weight is 276 g/mol. The second-order valence-electron chi connectivity index (χ2n) is 4.79. The Labute approximate surface area is 119 Å². The lowest BCUT2D eigenvalue weighted by molar-refractivity contribution is 0.166. The molecule has 0 saturated heterocycles. The minimum Gasteiger partial charge on any atom is -0.386 e. The van der Waals surface area contributed by atoms with Crippen LogP contribution in [0.25, 0.3) is 0 Å². The van der Waals surface area contributed by atoms with Crippen molar-refractivity contribution < 1.29 is 9.50 Å². The highest BCUT2D eigenvalue weighted by Gasteiger charge is 2.11. The summed E-state index contributed by atoms with van der Waals surface area (Å²) in [5.41, 5.74) is 1.57. The topological polar surface area (TPSA) is 37.2 Å². The lowest BCUT2D eigenvalue weighted by atomic mass is 10.1. The van der Waals surface area contributed by atoms with Gasteiger partial charge in [0.15, 0.2) is 0 Å². The molecule has 0 spiro atoms. The maximum atomic E-state index is 13.6. The summed E-state index contributed by atoms with van der Waals surface area (Å²) in [7, 11) is 0. The van der Waals surface area contributed by atoms with Gasteiger partial charge in [-0.1, -0.05) is 25.1 Å². The quantitative estimate of drug-likeness (QED) is 0.815. The van der Waals surface area contributed by atoms with E-state index in [9.17, 15) is 9.50 Å². The van der Waals surface area contributed by atoms with E-state index >= 15 is 0 Å².